The van der Waals surface area contributed by atoms with Gasteiger partial charge in [0.15, 0.2) is 0 Å². The van der Waals surface area contributed by atoms with Gasteiger partial charge in [-0.3, -0.25) is 14.9 Å². The van der Waals surface area contributed by atoms with Gasteiger partial charge in [-0.1, -0.05) is 0 Å². The van der Waals surface area contributed by atoms with E-state index in [0.29, 0.717) is 23.6 Å². The molecule has 0 aliphatic carbocycles. The SMILES string of the molecule is COc1cc(OC)cc(C(=O)Nc2ccc([N+](=O)[O-])c(C(F)(F)F)c2)c1. The number of nitrogens with zero attached hydrogens (tertiary/aromatic N) is 1. The lowest BCUT2D eigenvalue weighted by Crippen LogP contribution is -2.14. The maximum atomic E-state index is 13.0. The number of amides is 1. The van der Waals surface area contributed by atoms with Crippen LogP contribution >= 0.6 is 0 Å². The van der Waals surface area contributed by atoms with Crippen molar-refractivity contribution < 1.29 is 32.4 Å². The first kappa shape index (κ1) is 19.0. The van der Waals surface area contributed by atoms with Gasteiger partial charge in [0.25, 0.3) is 11.6 Å². The van der Waals surface area contributed by atoms with Crippen molar-refractivity contribution in [2.75, 3.05) is 19.5 Å². The number of nitrogens with one attached hydrogen (secondary N) is 1. The van der Waals surface area contributed by atoms with E-state index in [1.807, 2.05) is 0 Å². The first-order valence-corrected chi connectivity index (χ1v) is 7.05. The first-order valence-electron chi connectivity index (χ1n) is 7.05. The number of carbonyl (C=O) groups is 1. The maximum Gasteiger partial charge on any atom is 0.423 e. The fourth-order valence-electron chi connectivity index (χ4n) is 2.14. The highest BCUT2D eigenvalue weighted by atomic mass is 19.4. The molecule has 2 rings (SSSR count). The van der Waals surface area contributed by atoms with Gasteiger partial charge in [0.2, 0.25) is 0 Å². The van der Waals surface area contributed by atoms with Crippen LogP contribution < -0.4 is 14.8 Å². The van der Waals surface area contributed by atoms with E-state index in [-0.39, 0.29) is 11.3 Å². The Kier molecular flexibility index (Phi) is 5.34. The van der Waals surface area contributed by atoms with Gasteiger partial charge >= 0.3 is 6.18 Å². The molecule has 0 saturated carbocycles. The summed E-state index contributed by atoms with van der Waals surface area (Å²) in [4.78, 5) is 21.9. The van der Waals surface area contributed by atoms with Gasteiger partial charge in [0.1, 0.15) is 17.1 Å². The van der Waals surface area contributed by atoms with E-state index >= 15 is 0 Å². The van der Waals surface area contributed by atoms with Crippen LogP contribution in [0.5, 0.6) is 11.5 Å². The molecule has 2 aromatic carbocycles. The molecule has 7 nitrogen and oxygen atoms in total. The van der Waals surface area contributed by atoms with Gasteiger partial charge in [0.05, 0.1) is 19.1 Å². The van der Waals surface area contributed by atoms with Crippen molar-refractivity contribution in [2.45, 2.75) is 6.18 Å². The van der Waals surface area contributed by atoms with E-state index in [4.69, 9.17) is 9.47 Å². The summed E-state index contributed by atoms with van der Waals surface area (Å²) in [6, 6.07) is 6.47. The number of nitro groups is 1. The molecular formula is C16H13F3N2O5. The quantitative estimate of drug-likeness (QED) is 0.637. The summed E-state index contributed by atoms with van der Waals surface area (Å²) < 4.78 is 49.0. The number of nitro benzene ring substituents is 1. The average molecular weight is 370 g/mol. The molecule has 1 N–H and O–H groups in total. The molecule has 0 bridgehead atoms. The van der Waals surface area contributed by atoms with Gasteiger partial charge in [-0.05, 0) is 24.3 Å². The van der Waals surface area contributed by atoms with E-state index in [1.165, 1.54) is 32.4 Å². The molecule has 0 aliphatic heterocycles. The molecule has 2 aromatic rings. The van der Waals surface area contributed by atoms with Crippen molar-refractivity contribution in [3.05, 3.63) is 57.6 Å². The normalized spacial score (nSPS) is 11.0. The number of halogens is 3. The van der Waals surface area contributed by atoms with Crippen molar-refractivity contribution in [1.29, 1.82) is 0 Å². The molecule has 0 aromatic heterocycles. The van der Waals surface area contributed by atoms with Crippen LogP contribution in [0.25, 0.3) is 0 Å². The van der Waals surface area contributed by atoms with Crippen LogP contribution in [0.4, 0.5) is 24.5 Å². The third-order valence-electron chi connectivity index (χ3n) is 3.37. The van der Waals surface area contributed by atoms with E-state index in [2.05, 4.69) is 5.32 Å². The number of ether oxygens (including phenoxy) is 2. The van der Waals surface area contributed by atoms with Crippen LogP contribution in [0.1, 0.15) is 15.9 Å². The van der Waals surface area contributed by atoms with E-state index in [9.17, 15) is 28.1 Å². The Hall–Kier alpha value is -3.30. The molecule has 0 radical (unpaired) electrons. The van der Waals surface area contributed by atoms with Gasteiger partial charge in [-0.2, -0.15) is 13.2 Å². The Morgan fingerprint density at radius 1 is 1.08 bits per heavy atom. The fourth-order valence-corrected chi connectivity index (χ4v) is 2.14. The molecule has 0 atom stereocenters. The molecular weight excluding hydrogens is 357 g/mol. The highest BCUT2D eigenvalue weighted by molar-refractivity contribution is 6.04. The van der Waals surface area contributed by atoms with Gasteiger partial charge < -0.3 is 14.8 Å². The summed E-state index contributed by atoms with van der Waals surface area (Å²) in [5.74, 6) is -0.104. The van der Waals surface area contributed by atoms with E-state index in [0.717, 1.165) is 6.07 Å². The van der Waals surface area contributed by atoms with Gasteiger partial charge in [-0.15, -0.1) is 0 Å². The zero-order valence-corrected chi connectivity index (χ0v) is 13.6. The molecule has 1 amide bonds. The van der Waals surface area contributed by atoms with Gasteiger partial charge in [-0.25, -0.2) is 0 Å². The minimum absolute atomic E-state index is 0.0770. The largest absolute Gasteiger partial charge is 0.497 e. The van der Waals surface area contributed by atoms with Crippen molar-refractivity contribution in [1.82, 2.24) is 0 Å². The highest BCUT2D eigenvalue weighted by Crippen LogP contribution is 2.37. The predicted octanol–water partition coefficient (Wildman–Crippen LogP) is 3.88. The second-order valence-corrected chi connectivity index (χ2v) is 5.04. The molecule has 0 spiro atoms. The Balaban J connectivity index is 2.37. The molecule has 0 unspecified atom stereocenters. The van der Waals surface area contributed by atoms with Crippen LogP contribution in [0, 0.1) is 10.1 Å². The van der Waals surface area contributed by atoms with Crippen LogP contribution in [0.3, 0.4) is 0 Å². The summed E-state index contributed by atoms with van der Waals surface area (Å²) in [6.45, 7) is 0. The third-order valence-corrected chi connectivity index (χ3v) is 3.37. The summed E-state index contributed by atoms with van der Waals surface area (Å²) in [5.41, 5.74) is -2.72. The smallest absolute Gasteiger partial charge is 0.423 e. The number of alkyl halides is 3. The average Bonchev–Trinajstić information content (AvgIpc) is 2.60. The standard InChI is InChI=1S/C16H13F3N2O5/c1-25-11-5-9(6-12(8-11)26-2)15(22)20-10-3-4-14(21(23)24)13(7-10)16(17,18)19/h3-8H,1-2H3,(H,20,22). The van der Waals surface area contributed by atoms with Crippen LogP contribution in [-0.2, 0) is 6.18 Å². The second-order valence-electron chi connectivity index (χ2n) is 5.04. The van der Waals surface area contributed by atoms with Crippen LogP contribution in [0.2, 0.25) is 0 Å². The zero-order valence-electron chi connectivity index (χ0n) is 13.6. The maximum absolute atomic E-state index is 13.0. The van der Waals surface area contributed by atoms with Crippen LogP contribution in [0.15, 0.2) is 36.4 Å². The monoisotopic (exact) mass is 370 g/mol. The van der Waals surface area contributed by atoms with E-state index < -0.39 is 28.3 Å². The summed E-state index contributed by atoms with van der Waals surface area (Å²) in [6.07, 6.45) is -4.94. The molecule has 138 valence electrons. The predicted molar refractivity (Wildman–Crippen MR) is 85.6 cm³/mol. The molecule has 0 aliphatic rings. The van der Waals surface area contributed by atoms with Crippen molar-refractivity contribution >= 4 is 17.3 Å². The van der Waals surface area contributed by atoms with Gasteiger partial charge in [0, 0.05) is 23.4 Å². The summed E-state index contributed by atoms with van der Waals surface area (Å²) in [7, 11) is 2.75. The number of carbonyl (C=O) groups excluding carboxylic acids is 1. The Morgan fingerprint density at radius 2 is 1.65 bits per heavy atom. The lowest BCUT2D eigenvalue weighted by atomic mass is 10.1. The highest BCUT2D eigenvalue weighted by Gasteiger charge is 2.38. The molecule has 10 heteroatoms. The van der Waals surface area contributed by atoms with Crippen molar-refractivity contribution in [3.63, 3.8) is 0 Å². The number of rotatable bonds is 5. The summed E-state index contributed by atoms with van der Waals surface area (Å²) >= 11 is 0. The first-order chi connectivity index (χ1) is 12.2. The second kappa shape index (κ2) is 7.30. The molecule has 0 saturated heterocycles. The van der Waals surface area contributed by atoms with E-state index in [1.54, 1.807) is 0 Å². The number of anilines is 1. The number of methoxy groups -OCH3 is 2. The minimum atomic E-state index is -4.94. The number of hydrogen-bond acceptors (Lipinski definition) is 5. The lowest BCUT2D eigenvalue weighted by Gasteiger charge is -2.12. The number of hydrogen-bond donors (Lipinski definition) is 1. The summed E-state index contributed by atoms with van der Waals surface area (Å²) in [5, 5.41) is 13.0. The molecule has 0 heterocycles. The molecule has 0 fully saturated rings. The zero-order chi connectivity index (χ0) is 19.5. The number of benzene rings is 2. The Morgan fingerprint density at radius 3 is 2.12 bits per heavy atom. The molecule has 26 heavy (non-hydrogen) atoms. The lowest BCUT2D eigenvalue weighted by molar-refractivity contribution is -0.388. The Labute approximate surface area is 145 Å². The van der Waals surface area contributed by atoms with Crippen molar-refractivity contribution in [2.24, 2.45) is 0 Å². The van der Waals surface area contributed by atoms with Crippen LogP contribution in [-0.4, -0.2) is 25.1 Å². The fraction of sp³-hybridized carbons (Fsp3) is 0.188. The third kappa shape index (κ3) is 4.21. The Bertz CT molecular complexity index is 830. The van der Waals surface area contributed by atoms with Crippen molar-refractivity contribution in [3.8, 4) is 11.5 Å². The topological polar surface area (TPSA) is 90.7 Å². The minimum Gasteiger partial charge on any atom is -0.497 e.